The Hall–Kier alpha value is -3.40. The summed E-state index contributed by atoms with van der Waals surface area (Å²) in [5, 5.41) is 0. The Bertz CT molecular complexity index is 1360. The number of benzene rings is 3. The summed E-state index contributed by atoms with van der Waals surface area (Å²) < 4.78 is 98.8. The highest BCUT2D eigenvalue weighted by molar-refractivity contribution is 5.90. The number of carbonyl (C=O) groups is 1. The fourth-order valence-electron chi connectivity index (χ4n) is 6.52. The van der Waals surface area contributed by atoms with Gasteiger partial charge in [-0.25, -0.2) is 9.18 Å². The molecule has 1 aliphatic heterocycles. The molecule has 5 rings (SSSR count). The molecule has 2 fully saturated rings. The Labute approximate surface area is 245 Å². The minimum absolute atomic E-state index is 0.00795. The average Bonchev–Trinajstić information content (AvgIpc) is 3.00. The zero-order chi connectivity index (χ0) is 30.8. The lowest BCUT2D eigenvalue weighted by Crippen LogP contribution is -2.47. The highest BCUT2D eigenvalue weighted by Crippen LogP contribution is 2.43. The number of hydrogen-bond acceptors (Lipinski definition) is 3. The van der Waals surface area contributed by atoms with E-state index in [1.54, 1.807) is 0 Å². The molecule has 1 saturated carbocycles. The standard InChI is InChI=1S/C33H32F7NO2/c34-28-8-6-22(7-9-28)23-12-16-41(17-13-23)29-10-14-31(15-11-29,25-4-2-1-3-5-25)21-43-30(42)24-18-26(32(35,36)37)20-27(19-24)33(38,39)40/h1-9,18-20,23,29H,10-17,21H2/t29-,31-. The van der Waals surface area contributed by atoms with Crippen LogP contribution in [0.25, 0.3) is 0 Å². The molecule has 0 N–H and O–H groups in total. The van der Waals surface area contributed by atoms with Gasteiger partial charge in [0.1, 0.15) is 12.4 Å². The first-order valence-electron chi connectivity index (χ1n) is 14.4. The monoisotopic (exact) mass is 607 g/mol. The fraction of sp³-hybridized carbons (Fsp3) is 0.424. The molecule has 1 heterocycles. The summed E-state index contributed by atoms with van der Waals surface area (Å²) in [5.41, 5.74) is -2.47. The molecule has 0 bridgehead atoms. The van der Waals surface area contributed by atoms with Crippen LogP contribution in [-0.4, -0.2) is 36.6 Å². The Kier molecular flexibility index (Phi) is 8.88. The molecule has 0 unspecified atom stereocenters. The molecule has 1 saturated heterocycles. The molecule has 0 spiro atoms. The molecular weight excluding hydrogens is 575 g/mol. The van der Waals surface area contributed by atoms with Crippen molar-refractivity contribution in [3.05, 3.63) is 106 Å². The second-order valence-electron chi connectivity index (χ2n) is 11.6. The summed E-state index contributed by atoms with van der Waals surface area (Å²) in [5.74, 6) is -1.11. The van der Waals surface area contributed by atoms with E-state index >= 15 is 0 Å². The van der Waals surface area contributed by atoms with Gasteiger partial charge in [-0.1, -0.05) is 42.5 Å². The second-order valence-corrected chi connectivity index (χ2v) is 11.6. The topological polar surface area (TPSA) is 29.5 Å². The number of carbonyl (C=O) groups excluding carboxylic acids is 1. The lowest BCUT2D eigenvalue weighted by molar-refractivity contribution is -0.143. The van der Waals surface area contributed by atoms with E-state index in [0.717, 1.165) is 49.9 Å². The van der Waals surface area contributed by atoms with E-state index < -0.39 is 40.4 Å². The summed E-state index contributed by atoms with van der Waals surface area (Å²) in [6, 6.07) is 17.1. The SMILES string of the molecule is O=C(OC[C@]1(c2ccccc2)CC[C@H](N2CCC(c3ccc(F)cc3)CC2)CC1)c1cc(C(F)(F)F)cc(C(F)(F)F)c1. The van der Waals surface area contributed by atoms with Gasteiger partial charge in [-0.3, -0.25) is 0 Å². The molecule has 2 aliphatic rings. The predicted octanol–water partition coefficient (Wildman–Crippen LogP) is 8.78. The summed E-state index contributed by atoms with van der Waals surface area (Å²) in [4.78, 5) is 15.4. The van der Waals surface area contributed by atoms with Crippen molar-refractivity contribution in [1.29, 1.82) is 0 Å². The summed E-state index contributed by atoms with van der Waals surface area (Å²) in [6.07, 6.45) is -5.32. The van der Waals surface area contributed by atoms with E-state index in [0.29, 0.717) is 36.9 Å². The first-order valence-corrected chi connectivity index (χ1v) is 14.4. The fourth-order valence-corrected chi connectivity index (χ4v) is 6.52. The Morgan fingerprint density at radius 1 is 0.791 bits per heavy atom. The van der Waals surface area contributed by atoms with Crippen LogP contribution in [0.2, 0.25) is 0 Å². The van der Waals surface area contributed by atoms with Crippen LogP contribution in [0.1, 0.15) is 77.1 Å². The Morgan fingerprint density at radius 2 is 1.35 bits per heavy atom. The highest BCUT2D eigenvalue weighted by Gasteiger charge is 2.41. The maximum atomic E-state index is 13.3. The van der Waals surface area contributed by atoms with Gasteiger partial charge in [0.05, 0.1) is 16.7 Å². The predicted molar refractivity (Wildman–Crippen MR) is 147 cm³/mol. The summed E-state index contributed by atoms with van der Waals surface area (Å²) in [7, 11) is 0. The molecule has 10 heteroatoms. The number of likely N-dealkylation sites (tertiary alicyclic amines) is 1. The average molecular weight is 608 g/mol. The van der Waals surface area contributed by atoms with Crippen molar-refractivity contribution in [1.82, 2.24) is 4.90 Å². The van der Waals surface area contributed by atoms with E-state index in [-0.39, 0.29) is 18.5 Å². The Morgan fingerprint density at radius 3 is 1.88 bits per heavy atom. The normalized spacial score (nSPS) is 22.3. The first kappa shape index (κ1) is 31.0. The third-order valence-electron chi connectivity index (χ3n) is 8.99. The van der Waals surface area contributed by atoms with E-state index in [9.17, 15) is 35.5 Å². The number of hydrogen-bond donors (Lipinski definition) is 0. The minimum atomic E-state index is -5.06. The largest absolute Gasteiger partial charge is 0.461 e. The molecule has 3 aromatic rings. The molecule has 0 atom stereocenters. The van der Waals surface area contributed by atoms with Crippen molar-refractivity contribution in [2.75, 3.05) is 19.7 Å². The molecule has 3 aromatic carbocycles. The molecule has 0 radical (unpaired) electrons. The van der Waals surface area contributed by atoms with Gasteiger partial charge in [0.15, 0.2) is 0 Å². The number of piperidine rings is 1. The van der Waals surface area contributed by atoms with Gasteiger partial charge >= 0.3 is 18.3 Å². The van der Waals surface area contributed by atoms with E-state index in [2.05, 4.69) is 4.90 Å². The zero-order valence-electron chi connectivity index (χ0n) is 23.4. The first-order chi connectivity index (χ1) is 20.3. The number of rotatable bonds is 6. The van der Waals surface area contributed by atoms with E-state index in [1.165, 1.54) is 12.1 Å². The molecule has 230 valence electrons. The lowest BCUT2D eigenvalue weighted by atomic mass is 9.68. The van der Waals surface area contributed by atoms with Gasteiger partial charge in [0, 0.05) is 11.5 Å². The van der Waals surface area contributed by atoms with Gasteiger partial charge in [-0.15, -0.1) is 0 Å². The number of esters is 1. The number of ether oxygens (including phenoxy) is 1. The van der Waals surface area contributed by atoms with Crippen molar-refractivity contribution in [3.8, 4) is 0 Å². The van der Waals surface area contributed by atoms with Crippen molar-refractivity contribution in [2.45, 2.75) is 68.3 Å². The third kappa shape index (κ3) is 7.22. The molecule has 0 amide bonds. The Balaban J connectivity index is 1.27. The maximum Gasteiger partial charge on any atom is 0.416 e. The minimum Gasteiger partial charge on any atom is -0.461 e. The van der Waals surface area contributed by atoms with Crippen LogP contribution in [0.3, 0.4) is 0 Å². The molecule has 1 aliphatic carbocycles. The van der Waals surface area contributed by atoms with Crippen molar-refractivity contribution in [3.63, 3.8) is 0 Å². The van der Waals surface area contributed by atoms with Crippen LogP contribution >= 0.6 is 0 Å². The van der Waals surface area contributed by atoms with Crippen molar-refractivity contribution in [2.24, 2.45) is 0 Å². The lowest BCUT2D eigenvalue weighted by Gasteiger charge is -2.45. The molecule has 3 nitrogen and oxygen atoms in total. The van der Waals surface area contributed by atoms with Crippen LogP contribution in [0.5, 0.6) is 0 Å². The van der Waals surface area contributed by atoms with Crippen LogP contribution in [0.15, 0.2) is 72.8 Å². The summed E-state index contributed by atoms with van der Waals surface area (Å²) >= 11 is 0. The molecule has 43 heavy (non-hydrogen) atoms. The third-order valence-corrected chi connectivity index (χ3v) is 8.99. The van der Waals surface area contributed by atoms with Crippen LogP contribution in [0.4, 0.5) is 30.7 Å². The van der Waals surface area contributed by atoms with Gasteiger partial charge in [-0.2, -0.15) is 26.3 Å². The molecule has 0 aromatic heterocycles. The zero-order valence-corrected chi connectivity index (χ0v) is 23.4. The number of nitrogens with zero attached hydrogens (tertiary/aromatic N) is 1. The molecular formula is C33H32F7NO2. The van der Waals surface area contributed by atoms with E-state index in [4.69, 9.17) is 4.74 Å². The summed E-state index contributed by atoms with van der Waals surface area (Å²) in [6.45, 7) is 1.64. The number of halogens is 7. The van der Waals surface area contributed by atoms with Crippen LogP contribution in [0, 0.1) is 5.82 Å². The van der Waals surface area contributed by atoms with Crippen LogP contribution < -0.4 is 0 Å². The quantitative estimate of drug-likeness (QED) is 0.207. The van der Waals surface area contributed by atoms with Gasteiger partial charge in [0.25, 0.3) is 0 Å². The second kappa shape index (κ2) is 12.3. The van der Waals surface area contributed by atoms with Crippen molar-refractivity contribution >= 4 is 5.97 Å². The van der Waals surface area contributed by atoms with E-state index in [1.807, 2.05) is 42.5 Å². The smallest absolute Gasteiger partial charge is 0.416 e. The van der Waals surface area contributed by atoms with Crippen molar-refractivity contribution < 1.29 is 40.3 Å². The van der Waals surface area contributed by atoms with Gasteiger partial charge in [0.2, 0.25) is 0 Å². The van der Waals surface area contributed by atoms with Gasteiger partial charge in [-0.05, 0) is 99.0 Å². The van der Waals surface area contributed by atoms with Gasteiger partial charge < -0.3 is 9.64 Å². The highest BCUT2D eigenvalue weighted by atomic mass is 19.4. The van der Waals surface area contributed by atoms with Crippen LogP contribution in [-0.2, 0) is 22.5 Å². The maximum absolute atomic E-state index is 13.3. The number of alkyl halides is 6.